The topological polar surface area (TPSA) is 150 Å². The Balaban J connectivity index is 1.37. The fourth-order valence-corrected chi connectivity index (χ4v) is 4.84. The molecule has 2 saturated carbocycles. The quantitative estimate of drug-likeness (QED) is 0.166. The van der Waals surface area contributed by atoms with Crippen LogP contribution in [0.1, 0.15) is 49.1 Å². The fourth-order valence-electron chi connectivity index (χ4n) is 4.84. The normalized spacial score (nSPS) is 18.9. The second-order valence-electron chi connectivity index (χ2n) is 10.3. The van der Waals surface area contributed by atoms with Crippen LogP contribution in [0.25, 0.3) is 22.1 Å². The predicted octanol–water partition coefficient (Wildman–Crippen LogP) is 4.19. The zero-order valence-electron chi connectivity index (χ0n) is 21.2. The first kappa shape index (κ1) is 26.4. The lowest BCUT2D eigenvalue weighted by Crippen LogP contribution is -2.63. The van der Waals surface area contributed by atoms with E-state index in [9.17, 15) is 18.4 Å². The van der Waals surface area contributed by atoms with Gasteiger partial charge in [-0.3, -0.25) is 14.6 Å². The molecule has 2 fully saturated rings. The van der Waals surface area contributed by atoms with Crippen LogP contribution in [0.2, 0.25) is 0 Å². The van der Waals surface area contributed by atoms with Gasteiger partial charge in [-0.2, -0.15) is 0 Å². The largest absolute Gasteiger partial charge is 0.451 e. The van der Waals surface area contributed by atoms with Crippen molar-refractivity contribution >= 4 is 34.7 Å². The zero-order chi connectivity index (χ0) is 27.8. The van der Waals surface area contributed by atoms with E-state index in [4.69, 9.17) is 21.4 Å². The van der Waals surface area contributed by atoms with E-state index < -0.39 is 41.7 Å². The van der Waals surface area contributed by atoms with Crippen LogP contribution in [0.5, 0.6) is 0 Å². The van der Waals surface area contributed by atoms with Crippen molar-refractivity contribution in [2.75, 3.05) is 5.01 Å². The van der Waals surface area contributed by atoms with Gasteiger partial charge in [0.05, 0.1) is 11.2 Å². The highest BCUT2D eigenvalue weighted by Gasteiger charge is 2.52. The molecule has 0 aliphatic heterocycles. The Labute approximate surface area is 223 Å². The average Bonchev–Trinajstić information content (AvgIpc) is 3.56. The molecule has 3 aromatic rings. The third kappa shape index (κ3) is 5.35. The van der Waals surface area contributed by atoms with Crippen molar-refractivity contribution in [3.8, 4) is 11.1 Å². The number of amides is 2. The van der Waals surface area contributed by atoms with Crippen LogP contribution in [0, 0.1) is 5.41 Å². The number of fused-ring (bicyclic) bond motifs is 1. The van der Waals surface area contributed by atoms with Gasteiger partial charge in [0.15, 0.2) is 5.76 Å². The summed E-state index contributed by atoms with van der Waals surface area (Å²) in [7, 11) is 0. The summed E-state index contributed by atoms with van der Waals surface area (Å²) in [5.41, 5.74) is 6.05. The molecule has 0 unspecified atom stereocenters. The Morgan fingerprint density at radius 3 is 2.23 bits per heavy atom. The third-order valence-electron chi connectivity index (χ3n) is 7.54. The van der Waals surface area contributed by atoms with Crippen LogP contribution in [0.4, 0.5) is 14.5 Å². The molecule has 1 aromatic heterocycles. The Kier molecular flexibility index (Phi) is 6.63. The number of furan rings is 1. The minimum Gasteiger partial charge on any atom is -0.451 e. The standard InChI is InChI=1S/C28H30F2N6O3/c29-28(30)11-9-27(10-12-28,25(38)35-26(17-32)7-8-26)34-24(37)23-16-20-2-1-19(15-22(20)39-23)18-3-5-21(6-4-18)36(33)14-13-31/h1-6,13-17,32H,7-12,31,33H2,(H,34,37)(H,35,38)/b14-13-,32-17?. The lowest BCUT2D eigenvalue weighted by molar-refractivity contribution is -0.133. The highest BCUT2D eigenvalue weighted by molar-refractivity contribution is 6.01. The van der Waals surface area contributed by atoms with E-state index in [1.54, 1.807) is 12.1 Å². The monoisotopic (exact) mass is 536 g/mol. The summed E-state index contributed by atoms with van der Waals surface area (Å²) in [4.78, 5) is 26.5. The fraction of sp³-hybridized carbons (Fsp3) is 0.321. The van der Waals surface area contributed by atoms with Gasteiger partial charge in [0, 0.05) is 36.8 Å². The van der Waals surface area contributed by atoms with Gasteiger partial charge in [0.25, 0.3) is 5.91 Å². The van der Waals surface area contributed by atoms with Crippen molar-refractivity contribution in [1.82, 2.24) is 10.6 Å². The predicted molar refractivity (Wildman–Crippen MR) is 144 cm³/mol. The van der Waals surface area contributed by atoms with Crippen molar-refractivity contribution < 1.29 is 22.8 Å². The Hall–Kier alpha value is -4.25. The Morgan fingerprint density at radius 2 is 1.62 bits per heavy atom. The lowest BCUT2D eigenvalue weighted by atomic mass is 9.78. The number of anilines is 1. The van der Waals surface area contributed by atoms with Crippen molar-refractivity contribution in [3.05, 3.63) is 66.7 Å². The molecular formula is C28H30F2N6O3. The molecule has 9 nitrogen and oxygen atoms in total. The maximum atomic E-state index is 14.0. The van der Waals surface area contributed by atoms with E-state index >= 15 is 0 Å². The second-order valence-corrected chi connectivity index (χ2v) is 10.3. The first-order valence-electron chi connectivity index (χ1n) is 12.7. The van der Waals surface area contributed by atoms with Gasteiger partial charge < -0.3 is 26.2 Å². The van der Waals surface area contributed by atoms with Gasteiger partial charge in [0.1, 0.15) is 11.1 Å². The minimum atomic E-state index is -2.90. The summed E-state index contributed by atoms with van der Waals surface area (Å²) in [6.45, 7) is 0. The van der Waals surface area contributed by atoms with E-state index in [2.05, 4.69) is 10.6 Å². The van der Waals surface area contributed by atoms with E-state index in [-0.39, 0.29) is 18.6 Å². The summed E-state index contributed by atoms with van der Waals surface area (Å²) in [6, 6.07) is 14.5. The molecule has 0 radical (unpaired) electrons. The van der Waals surface area contributed by atoms with Crippen LogP contribution >= 0.6 is 0 Å². The van der Waals surface area contributed by atoms with Gasteiger partial charge >= 0.3 is 0 Å². The molecule has 0 atom stereocenters. The molecular weight excluding hydrogens is 506 g/mol. The van der Waals surface area contributed by atoms with Crippen LogP contribution < -0.4 is 27.2 Å². The molecule has 7 N–H and O–H groups in total. The summed E-state index contributed by atoms with van der Waals surface area (Å²) in [5, 5.41) is 15.2. The number of halogens is 2. The molecule has 2 aliphatic carbocycles. The molecule has 2 aromatic carbocycles. The highest BCUT2D eigenvalue weighted by atomic mass is 19.3. The molecule has 1 heterocycles. The first-order valence-corrected chi connectivity index (χ1v) is 12.7. The number of benzene rings is 2. The SMILES string of the molecule is N=CC1(NC(=O)C2(NC(=O)c3cc4ccc(-c5ccc(N(N)/C=C\N)cc5)cc4o3)CCC(F)(F)CC2)CC1. The number of carbonyl (C=O) groups excluding carboxylic acids is 2. The number of hydrogen-bond acceptors (Lipinski definition) is 7. The van der Waals surface area contributed by atoms with Gasteiger partial charge in [-0.1, -0.05) is 24.3 Å². The summed E-state index contributed by atoms with van der Waals surface area (Å²) < 4.78 is 33.8. The Bertz CT molecular complexity index is 1440. The molecule has 0 saturated heterocycles. The van der Waals surface area contributed by atoms with E-state index in [0.717, 1.165) is 23.0 Å². The van der Waals surface area contributed by atoms with E-state index in [0.29, 0.717) is 23.8 Å². The molecule has 0 spiro atoms. The second kappa shape index (κ2) is 9.81. The summed E-state index contributed by atoms with van der Waals surface area (Å²) >= 11 is 0. The third-order valence-corrected chi connectivity index (χ3v) is 7.54. The van der Waals surface area contributed by atoms with Crippen molar-refractivity contribution in [3.63, 3.8) is 0 Å². The van der Waals surface area contributed by atoms with Gasteiger partial charge in [0.2, 0.25) is 11.8 Å². The maximum absolute atomic E-state index is 14.0. The lowest BCUT2D eigenvalue weighted by Gasteiger charge is -2.39. The number of alkyl halides is 2. The van der Waals surface area contributed by atoms with Gasteiger partial charge in [-0.05, 0) is 61.1 Å². The first-order chi connectivity index (χ1) is 18.6. The highest BCUT2D eigenvalue weighted by Crippen LogP contribution is 2.41. The number of hydrogen-bond donors (Lipinski definition) is 5. The van der Waals surface area contributed by atoms with Gasteiger partial charge in [-0.15, -0.1) is 0 Å². The molecule has 2 aliphatic rings. The van der Waals surface area contributed by atoms with E-state index in [1.165, 1.54) is 17.4 Å². The van der Waals surface area contributed by atoms with Crippen LogP contribution in [0.3, 0.4) is 0 Å². The number of rotatable bonds is 8. The number of hydrazine groups is 1. The molecule has 11 heteroatoms. The number of carbonyl (C=O) groups is 2. The number of nitrogens with zero attached hydrogens (tertiary/aromatic N) is 1. The van der Waals surface area contributed by atoms with Crippen molar-refractivity contribution in [2.24, 2.45) is 11.6 Å². The van der Waals surface area contributed by atoms with Crippen LogP contribution in [0.15, 0.2) is 65.3 Å². The number of nitrogens with one attached hydrogen (secondary N) is 3. The zero-order valence-corrected chi connectivity index (χ0v) is 21.2. The molecule has 204 valence electrons. The van der Waals surface area contributed by atoms with E-state index in [1.807, 2.05) is 36.4 Å². The maximum Gasteiger partial charge on any atom is 0.287 e. The molecule has 2 amide bonds. The molecule has 5 rings (SSSR count). The van der Waals surface area contributed by atoms with Crippen LogP contribution in [-0.4, -0.2) is 35.0 Å². The Morgan fingerprint density at radius 1 is 0.949 bits per heavy atom. The van der Waals surface area contributed by atoms with Crippen LogP contribution in [-0.2, 0) is 4.79 Å². The summed E-state index contributed by atoms with van der Waals surface area (Å²) in [5.74, 6) is 1.76. The molecule has 39 heavy (non-hydrogen) atoms. The minimum absolute atomic E-state index is 0.0254. The van der Waals surface area contributed by atoms with Gasteiger partial charge in [-0.25, -0.2) is 14.6 Å². The summed E-state index contributed by atoms with van der Waals surface area (Å²) in [6.07, 6.45) is 3.76. The van der Waals surface area contributed by atoms with Crippen molar-refractivity contribution in [2.45, 2.75) is 55.5 Å². The van der Waals surface area contributed by atoms with Crippen molar-refractivity contribution in [1.29, 1.82) is 5.41 Å². The smallest absolute Gasteiger partial charge is 0.287 e. The average molecular weight is 537 g/mol. The molecule has 0 bridgehead atoms. The number of nitrogens with two attached hydrogens (primary N) is 2.